The quantitative estimate of drug-likeness (QED) is 0.730. The highest BCUT2D eigenvalue weighted by Crippen LogP contribution is 2.25. The molecular formula is C15H25N3O. The average molecular weight is 263 g/mol. The largest absolute Gasteiger partial charge is 0.478 e. The van der Waals surface area contributed by atoms with Gasteiger partial charge < -0.3 is 10.1 Å². The molecule has 19 heavy (non-hydrogen) atoms. The molecule has 1 heterocycles. The molecule has 0 radical (unpaired) electrons. The molecule has 0 aliphatic heterocycles. The molecule has 4 nitrogen and oxygen atoms in total. The highest BCUT2D eigenvalue weighted by Gasteiger charge is 2.22. The summed E-state index contributed by atoms with van der Waals surface area (Å²) in [4.78, 5) is 9.08. The molecule has 0 atom stereocenters. The van der Waals surface area contributed by atoms with E-state index in [1.165, 1.54) is 12.8 Å². The molecule has 0 saturated heterocycles. The Balaban J connectivity index is 2.05. The van der Waals surface area contributed by atoms with Gasteiger partial charge in [0, 0.05) is 18.5 Å². The first kappa shape index (κ1) is 14.1. The van der Waals surface area contributed by atoms with Gasteiger partial charge in [0.1, 0.15) is 11.6 Å². The van der Waals surface area contributed by atoms with Crippen LogP contribution in [0.15, 0.2) is 6.07 Å². The smallest absolute Gasteiger partial charge is 0.218 e. The van der Waals surface area contributed by atoms with Crippen molar-refractivity contribution < 1.29 is 4.74 Å². The zero-order valence-corrected chi connectivity index (χ0v) is 12.3. The summed E-state index contributed by atoms with van der Waals surface area (Å²) in [5.74, 6) is 3.06. The van der Waals surface area contributed by atoms with E-state index >= 15 is 0 Å². The van der Waals surface area contributed by atoms with Crippen LogP contribution in [0, 0.1) is 5.92 Å². The van der Waals surface area contributed by atoms with Crippen molar-refractivity contribution >= 4 is 5.82 Å². The van der Waals surface area contributed by atoms with Crippen LogP contribution in [0.4, 0.5) is 5.82 Å². The van der Waals surface area contributed by atoms with E-state index in [9.17, 15) is 0 Å². The predicted molar refractivity (Wildman–Crippen MR) is 77.6 cm³/mol. The SMILES string of the molecule is CCCCOc1cc(NC2CC2)nc(CC(C)C)n1. The van der Waals surface area contributed by atoms with E-state index in [0.717, 1.165) is 37.5 Å². The Morgan fingerprint density at radius 1 is 1.37 bits per heavy atom. The fourth-order valence-corrected chi connectivity index (χ4v) is 1.83. The highest BCUT2D eigenvalue weighted by atomic mass is 16.5. The number of rotatable bonds is 8. The fourth-order valence-electron chi connectivity index (χ4n) is 1.83. The molecule has 0 spiro atoms. The van der Waals surface area contributed by atoms with Crippen molar-refractivity contribution in [1.82, 2.24) is 9.97 Å². The Morgan fingerprint density at radius 2 is 2.16 bits per heavy atom. The van der Waals surface area contributed by atoms with Gasteiger partial charge in [-0.1, -0.05) is 27.2 Å². The maximum Gasteiger partial charge on any atom is 0.218 e. The topological polar surface area (TPSA) is 47.0 Å². The van der Waals surface area contributed by atoms with Crippen molar-refractivity contribution in [3.63, 3.8) is 0 Å². The minimum Gasteiger partial charge on any atom is -0.478 e. The van der Waals surface area contributed by atoms with E-state index in [2.05, 4.69) is 36.1 Å². The van der Waals surface area contributed by atoms with Crippen LogP contribution >= 0.6 is 0 Å². The van der Waals surface area contributed by atoms with E-state index in [1.54, 1.807) is 0 Å². The second kappa shape index (κ2) is 6.73. The van der Waals surface area contributed by atoms with Gasteiger partial charge in [0.05, 0.1) is 6.61 Å². The molecule has 4 heteroatoms. The third kappa shape index (κ3) is 5.05. The molecule has 0 unspecified atom stereocenters. The highest BCUT2D eigenvalue weighted by molar-refractivity contribution is 5.40. The van der Waals surface area contributed by atoms with Crippen molar-refractivity contribution in [2.45, 2.75) is 58.9 Å². The van der Waals surface area contributed by atoms with Crippen LogP contribution in [0.5, 0.6) is 5.88 Å². The molecule has 1 aliphatic carbocycles. The van der Waals surface area contributed by atoms with E-state index < -0.39 is 0 Å². The second-order valence-electron chi connectivity index (χ2n) is 5.73. The fraction of sp³-hybridized carbons (Fsp3) is 0.733. The standard InChI is InChI=1S/C15H25N3O/c1-4-5-8-19-15-10-14(16-12-6-7-12)17-13(18-15)9-11(2)3/h10-12H,4-9H2,1-3H3,(H,16,17,18). The zero-order chi connectivity index (χ0) is 13.7. The molecule has 0 aromatic carbocycles. The monoisotopic (exact) mass is 263 g/mol. The van der Waals surface area contributed by atoms with Crippen LogP contribution < -0.4 is 10.1 Å². The van der Waals surface area contributed by atoms with Gasteiger partial charge in [-0.2, -0.15) is 4.98 Å². The molecule has 1 aromatic heterocycles. The summed E-state index contributed by atoms with van der Waals surface area (Å²) in [7, 11) is 0. The lowest BCUT2D eigenvalue weighted by Crippen LogP contribution is -2.09. The van der Waals surface area contributed by atoms with E-state index in [4.69, 9.17) is 4.74 Å². The Hall–Kier alpha value is -1.32. The van der Waals surface area contributed by atoms with Gasteiger partial charge >= 0.3 is 0 Å². The first-order chi connectivity index (χ1) is 9.17. The van der Waals surface area contributed by atoms with Gasteiger partial charge in [-0.25, -0.2) is 4.98 Å². The number of ether oxygens (including phenoxy) is 1. The van der Waals surface area contributed by atoms with Crippen LogP contribution in [-0.2, 0) is 6.42 Å². The number of unbranched alkanes of at least 4 members (excludes halogenated alkanes) is 1. The molecule has 0 bridgehead atoms. The van der Waals surface area contributed by atoms with Crippen molar-refractivity contribution in [3.05, 3.63) is 11.9 Å². The summed E-state index contributed by atoms with van der Waals surface area (Å²) < 4.78 is 5.72. The number of aromatic nitrogens is 2. The second-order valence-corrected chi connectivity index (χ2v) is 5.73. The minimum absolute atomic E-state index is 0.555. The average Bonchev–Trinajstić information content (AvgIpc) is 3.12. The molecule has 2 rings (SSSR count). The minimum atomic E-state index is 0.555. The molecule has 1 aromatic rings. The summed E-state index contributed by atoms with van der Waals surface area (Å²) in [6.45, 7) is 7.26. The van der Waals surface area contributed by atoms with Crippen LogP contribution in [0.2, 0.25) is 0 Å². The first-order valence-electron chi connectivity index (χ1n) is 7.44. The van der Waals surface area contributed by atoms with Gasteiger partial charge in [0.15, 0.2) is 0 Å². The van der Waals surface area contributed by atoms with Crippen molar-refractivity contribution in [2.75, 3.05) is 11.9 Å². The Bertz CT molecular complexity index is 380. The third-order valence-electron chi connectivity index (χ3n) is 3.02. The Kier molecular flexibility index (Phi) is 5.00. The van der Waals surface area contributed by atoms with E-state index in [0.29, 0.717) is 17.8 Å². The maximum absolute atomic E-state index is 5.72. The van der Waals surface area contributed by atoms with Crippen LogP contribution in [0.3, 0.4) is 0 Å². The van der Waals surface area contributed by atoms with Crippen molar-refractivity contribution in [3.8, 4) is 5.88 Å². The first-order valence-corrected chi connectivity index (χ1v) is 7.44. The lowest BCUT2D eigenvalue weighted by Gasteiger charge is -2.11. The van der Waals surface area contributed by atoms with Crippen LogP contribution in [-0.4, -0.2) is 22.6 Å². The number of anilines is 1. The molecule has 0 amide bonds. The number of nitrogens with one attached hydrogen (secondary N) is 1. The summed E-state index contributed by atoms with van der Waals surface area (Å²) in [6, 6.07) is 2.53. The van der Waals surface area contributed by atoms with Crippen molar-refractivity contribution in [1.29, 1.82) is 0 Å². The molecule has 1 aliphatic rings. The lowest BCUT2D eigenvalue weighted by molar-refractivity contribution is 0.296. The van der Waals surface area contributed by atoms with Gasteiger partial charge in [-0.05, 0) is 25.2 Å². The lowest BCUT2D eigenvalue weighted by atomic mass is 10.1. The number of nitrogens with zero attached hydrogens (tertiary/aromatic N) is 2. The molecule has 1 N–H and O–H groups in total. The summed E-state index contributed by atoms with van der Waals surface area (Å²) in [5, 5.41) is 3.43. The van der Waals surface area contributed by atoms with Crippen LogP contribution in [0.1, 0.15) is 52.3 Å². The zero-order valence-electron chi connectivity index (χ0n) is 12.3. The summed E-state index contributed by atoms with van der Waals surface area (Å²) >= 11 is 0. The normalized spacial score (nSPS) is 14.7. The molecular weight excluding hydrogens is 238 g/mol. The predicted octanol–water partition coefficient (Wildman–Crippen LogP) is 3.43. The maximum atomic E-state index is 5.72. The molecule has 106 valence electrons. The van der Waals surface area contributed by atoms with Crippen LogP contribution in [0.25, 0.3) is 0 Å². The number of hydrogen-bond donors (Lipinski definition) is 1. The molecule has 1 fully saturated rings. The van der Waals surface area contributed by atoms with Crippen molar-refractivity contribution in [2.24, 2.45) is 5.92 Å². The number of hydrogen-bond acceptors (Lipinski definition) is 4. The van der Waals surface area contributed by atoms with E-state index in [1.807, 2.05) is 6.07 Å². The Labute approximate surface area is 116 Å². The van der Waals surface area contributed by atoms with Gasteiger partial charge in [0.25, 0.3) is 0 Å². The summed E-state index contributed by atoms with van der Waals surface area (Å²) in [6.07, 6.45) is 5.58. The van der Waals surface area contributed by atoms with E-state index in [-0.39, 0.29) is 0 Å². The Morgan fingerprint density at radius 3 is 2.79 bits per heavy atom. The van der Waals surface area contributed by atoms with Gasteiger partial charge in [0.2, 0.25) is 5.88 Å². The van der Waals surface area contributed by atoms with Gasteiger partial charge in [-0.15, -0.1) is 0 Å². The molecule has 1 saturated carbocycles. The third-order valence-corrected chi connectivity index (χ3v) is 3.02. The summed E-state index contributed by atoms with van der Waals surface area (Å²) in [5.41, 5.74) is 0. The van der Waals surface area contributed by atoms with Gasteiger partial charge in [-0.3, -0.25) is 0 Å².